The van der Waals surface area contributed by atoms with Crippen LogP contribution in [-0.4, -0.2) is 17.6 Å². The van der Waals surface area contributed by atoms with E-state index >= 15 is 0 Å². The van der Waals surface area contributed by atoms with Crippen LogP contribution in [0.1, 0.15) is 17.2 Å². The highest BCUT2D eigenvalue weighted by atomic mass is 35.5. The summed E-state index contributed by atoms with van der Waals surface area (Å²) in [5.41, 5.74) is 1.71. The van der Waals surface area contributed by atoms with Crippen molar-refractivity contribution in [3.8, 4) is 0 Å². The highest BCUT2D eigenvalue weighted by Crippen LogP contribution is 2.13. The number of rotatable bonds is 5. The molecule has 0 aliphatic rings. The molecule has 2 aromatic carbocycles. The lowest BCUT2D eigenvalue weighted by molar-refractivity contribution is -0.117. The second kappa shape index (κ2) is 7.62. The molecule has 0 aliphatic carbocycles. The van der Waals surface area contributed by atoms with Crippen molar-refractivity contribution in [3.63, 3.8) is 0 Å². The largest absolute Gasteiger partial charge is 0.394 e. The normalized spacial score (nSPS) is 12.3. The highest BCUT2D eigenvalue weighted by Gasteiger charge is 2.11. The molecule has 2 rings (SSSR count). The average molecular weight is 302 g/mol. The molecule has 0 bridgehead atoms. The van der Waals surface area contributed by atoms with Gasteiger partial charge in [-0.25, -0.2) is 0 Å². The van der Waals surface area contributed by atoms with Gasteiger partial charge >= 0.3 is 0 Å². The molecule has 0 fully saturated rings. The summed E-state index contributed by atoms with van der Waals surface area (Å²) >= 11 is 5.88. The van der Waals surface area contributed by atoms with Crippen molar-refractivity contribution in [1.29, 1.82) is 0 Å². The Bertz CT molecular complexity index is 626. The first-order valence-corrected chi connectivity index (χ1v) is 6.97. The Kier molecular flexibility index (Phi) is 5.55. The lowest BCUT2D eigenvalue weighted by Gasteiger charge is -2.15. The Hall–Kier alpha value is -2.10. The van der Waals surface area contributed by atoms with Gasteiger partial charge in [0.05, 0.1) is 12.6 Å². The molecule has 21 heavy (non-hydrogen) atoms. The van der Waals surface area contributed by atoms with Gasteiger partial charge < -0.3 is 10.4 Å². The van der Waals surface area contributed by atoms with Gasteiger partial charge in [0.2, 0.25) is 5.91 Å². The number of hydrogen-bond acceptors (Lipinski definition) is 2. The molecular formula is C17H16ClNO2. The van der Waals surface area contributed by atoms with Crippen LogP contribution >= 0.6 is 11.6 Å². The number of aliphatic hydroxyl groups excluding tert-OH is 1. The summed E-state index contributed by atoms with van der Waals surface area (Å²) in [6.07, 6.45) is 3.11. The number of hydrogen-bond donors (Lipinski definition) is 2. The maximum atomic E-state index is 11.9. The zero-order valence-corrected chi connectivity index (χ0v) is 12.1. The third-order valence-corrected chi connectivity index (χ3v) is 3.21. The number of benzene rings is 2. The second-order valence-electron chi connectivity index (χ2n) is 4.54. The molecule has 0 spiro atoms. The van der Waals surface area contributed by atoms with Crippen LogP contribution in [0.15, 0.2) is 60.7 Å². The van der Waals surface area contributed by atoms with Gasteiger partial charge in [-0.05, 0) is 29.3 Å². The monoisotopic (exact) mass is 301 g/mol. The van der Waals surface area contributed by atoms with E-state index in [1.165, 1.54) is 6.08 Å². The Labute approximate surface area is 128 Å². The zero-order chi connectivity index (χ0) is 15.1. The summed E-state index contributed by atoms with van der Waals surface area (Å²) in [6.45, 7) is -0.152. The average Bonchev–Trinajstić information content (AvgIpc) is 2.51. The number of carbonyl (C=O) groups excluding carboxylic acids is 1. The molecule has 2 aromatic rings. The molecule has 1 atom stereocenters. The first-order chi connectivity index (χ1) is 10.2. The van der Waals surface area contributed by atoms with Crippen molar-refractivity contribution in [2.45, 2.75) is 6.04 Å². The molecule has 0 radical (unpaired) electrons. The molecule has 0 aromatic heterocycles. The van der Waals surface area contributed by atoms with E-state index in [0.717, 1.165) is 11.1 Å². The Morgan fingerprint density at radius 3 is 2.62 bits per heavy atom. The van der Waals surface area contributed by atoms with Crippen molar-refractivity contribution in [2.24, 2.45) is 0 Å². The van der Waals surface area contributed by atoms with Gasteiger partial charge in [0.15, 0.2) is 0 Å². The van der Waals surface area contributed by atoms with E-state index in [1.807, 2.05) is 42.5 Å². The summed E-state index contributed by atoms with van der Waals surface area (Å²) in [7, 11) is 0. The summed E-state index contributed by atoms with van der Waals surface area (Å²) in [5.74, 6) is -0.266. The zero-order valence-electron chi connectivity index (χ0n) is 11.4. The van der Waals surface area contributed by atoms with Crippen molar-refractivity contribution >= 4 is 23.6 Å². The second-order valence-corrected chi connectivity index (χ2v) is 4.98. The maximum absolute atomic E-state index is 11.9. The van der Waals surface area contributed by atoms with Crippen LogP contribution in [0, 0.1) is 0 Å². The minimum Gasteiger partial charge on any atom is -0.394 e. The van der Waals surface area contributed by atoms with Crippen LogP contribution < -0.4 is 5.32 Å². The fourth-order valence-corrected chi connectivity index (χ4v) is 2.12. The van der Waals surface area contributed by atoms with Crippen LogP contribution in [0.5, 0.6) is 0 Å². The van der Waals surface area contributed by atoms with Gasteiger partial charge in [0.25, 0.3) is 0 Å². The van der Waals surface area contributed by atoms with E-state index in [-0.39, 0.29) is 12.5 Å². The van der Waals surface area contributed by atoms with Gasteiger partial charge in [-0.15, -0.1) is 0 Å². The quantitative estimate of drug-likeness (QED) is 0.833. The Morgan fingerprint density at radius 1 is 1.19 bits per heavy atom. The van der Waals surface area contributed by atoms with Crippen molar-refractivity contribution in [1.82, 2.24) is 5.32 Å². The van der Waals surface area contributed by atoms with Crippen LogP contribution in [-0.2, 0) is 4.79 Å². The van der Waals surface area contributed by atoms with Crippen LogP contribution in [0.3, 0.4) is 0 Å². The minimum absolute atomic E-state index is 0.152. The minimum atomic E-state index is -0.414. The summed E-state index contributed by atoms with van der Waals surface area (Å²) in [4.78, 5) is 11.9. The standard InChI is InChI=1S/C17H16ClNO2/c18-15-8-4-5-13(11-15)9-10-17(21)19-16(12-20)14-6-2-1-3-7-14/h1-11,16,20H,12H2,(H,19,21). The van der Waals surface area contributed by atoms with Gasteiger partial charge in [-0.2, -0.15) is 0 Å². The molecule has 0 heterocycles. The number of amides is 1. The lowest BCUT2D eigenvalue weighted by Crippen LogP contribution is -2.29. The van der Waals surface area contributed by atoms with Gasteiger partial charge in [-0.1, -0.05) is 54.1 Å². The SMILES string of the molecule is O=C(C=Cc1cccc(Cl)c1)NC(CO)c1ccccc1. The number of carbonyl (C=O) groups is 1. The molecule has 1 unspecified atom stereocenters. The molecule has 2 N–H and O–H groups in total. The van der Waals surface area contributed by atoms with E-state index in [2.05, 4.69) is 5.32 Å². The highest BCUT2D eigenvalue weighted by molar-refractivity contribution is 6.30. The van der Waals surface area contributed by atoms with Gasteiger partial charge in [0.1, 0.15) is 0 Å². The maximum Gasteiger partial charge on any atom is 0.244 e. The summed E-state index contributed by atoms with van der Waals surface area (Å²) in [6, 6.07) is 16.2. The third-order valence-electron chi connectivity index (χ3n) is 2.98. The first-order valence-electron chi connectivity index (χ1n) is 6.59. The molecule has 108 valence electrons. The number of halogens is 1. The summed E-state index contributed by atoms with van der Waals surface area (Å²) in [5, 5.41) is 12.8. The van der Waals surface area contributed by atoms with E-state index in [4.69, 9.17) is 11.6 Å². The van der Waals surface area contributed by atoms with Gasteiger partial charge in [-0.3, -0.25) is 4.79 Å². The molecule has 3 nitrogen and oxygen atoms in total. The van der Waals surface area contributed by atoms with Crippen molar-refractivity contribution in [2.75, 3.05) is 6.61 Å². The van der Waals surface area contributed by atoms with Crippen LogP contribution in [0.4, 0.5) is 0 Å². The predicted octanol–water partition coefficient (Wildman–Crippen LogP) is 3.20. The first kappa shape index (κ1) is 15.3. The van der Waals surface area contributed by atoms with E-state index in [0.29, 0.717) is 5.02 Å². The van der Waals surface area contributed by atoms with E-state index < -0.39 is 6.04 Å². The van der Waals surface area contributed by atoms with E-state index in [1.54, 1.807) is 18.2 Å². The van der Waals surface area contributed by atoms with Crippen molar-refractivity contribution < 1.29 is 9.90 Å². The number of nitrogens with one attached hydrogen (secondary N) is 1. The van der Waals surface area contributed by atoms with Crippen LogP contribution in [0.25, 0.3) is 6.08 Å². The fourth-order valence-electron chi connectivity index (χ4n) is 1.92. The third kappa shape index (κ3) is 4.74. The van der Waals surface area contributed by atoms with Crippen LogP contribution in [0.2, 0.25) is 5.02 Å². The predicted molar refractivity (Wildman–Crippen MR) is 84.9 cm³/mol. The molecule has 0 saturated heterocycles. The molecular weight excluding hydrogens is 286 g/mol. The van der Waals surface area contributed by atoms with Gasteiger partial charge in [0, 0.05) is 11.1 Å². The fraction of sp³-hybridized carbons (Fsp3) is 0.118. The smallest absolute Gasteiger partial charge is 0.244 e. The topological polar surface area (TPSA) is 49.3 Å². The molecule has 0 aliphatic heterocycles. The van der Waals surface area contributed by atoms with E-state index in [9.17, 15) is 9.90 Å². The molecule has 0 saturated carbocycles. The Balaban J connectivity index is 2.00. The molecule has 1 amide bonds. The molecule has 4 heteroatoms. The Morgan fingerprint density at radius 2 is 1.95 bits per heavy atom. The van der Waals surface area contributed by atoms with Crippen molar-refractivity contribution in [3.05, 3.63) is 76.8 Å². The summed E-state index contributed by atoms with van der Waals surface area (Å²) < 4.78 is 0. The lowest BCUT2D eigenvalue weighted by atomic mass is 10.1. The number of aliphatic hydroxyl groups is 1.